The van der Waals surface area contributed by atoms with E-state index in [2.05, 4.69) is 0 Å². The molecule has 0 saturated heterocycles. The van der Waals surface area contributed by atoms with Crippen molar-refractivity contribution in [3.63, 3.8) is 0 Å². The van der Waals surface area contributed by atoms with Crippen LogP contribution in [0.5, 0.6) is 5.75 Å². The van der Waals surface area contributed by atoms with E-state index in [1.165, 1.54) is 18.2 Å². The second kappa shape index (κ2) is 2.83. The molecule has 1 aliphatic heterocycles. The van der Waals surface area contributed by atoms with E-state index >= 15 is 0 Å². The van der Waals surface area contributed by atoms with Crippen LogP contribution in [0.2, 0.25) is 0 Å². The molecule has 0 atom stereocenters. The lowest BCUT2D eigenvalue weighted by molar-refractivity contribution is 0.349. The van der Waals surface area contributed by atoms with Gasteiger partial charge in [0.2, 0.25) is 9.84 Å². The molecule has 0 bridgehead atoms. The van der Waals surface area contributed by atoms with Gasteiger partial charge in [-0.25, -0.2) is 8.42 Å². The number of hydrogen-bond acceptors (Lipinski definition) is 4. The van der Waals surface area contributed by atoms with Crippen LogP contribution in [-0.4, -0.2) is 25.2 Å². The summed E-state index contributed by atoms with van der Waals surface area (Å²) < 4.78 is 23.0. The third kappa shape index (κ3) is 1.13. The summed E-state index contributed by atoms with van der Waals surface area (Å²) in [5, 5.41) is 19.4. The van der Waals surface area contributed by atoms with E-state index in [1.807, 2.05) is 0 Å². The van der Waals surface area contributed by atoms with Crippen LogP contribution in [-0.2, 0) is 9.84 Å². The van der Waals surface area contributed by atoms with E-state index in [0.29, 0.717) is 0 Å². The van der Waals surface area contributed by atoms with Crippen LogP contribution >= 0.6 is 0 Å². The van der Waals surface area contributed by atoms with Crippen molar-refractivity contribution in [2.24, 2.45) is 0 Å². The van der Waals surface area contributed by atoms with Gasteiger partial charge < -0.3 is 10.2 Å². The predicted molar refractivity (Wildman–Crippen MR) is 50.4 cm³/mol. The van der Waals surface area contributed by atoms with Gasteiger partial charge in [0.15, 0.2) is 0 Å². The van der Waals surface area contributed by atoms with Crippen LogP contribution in [0.1, 0.15) is 5.56 Å². The van der Waals surface area contributed by atoms with Gasteiger partial charge in [-0.1, -0.05) is 6.07 Å². The van der Waals surface area contributed by atoms with Gasteiger partial charge in [-0.15, -0.1) is 0 Å². The Labute approximate surface area is 81.0 Å². The van der Waals surface area contributed by atoms with Crippen molar-refractivity contribution in [2.45, 2.75) is 4.90 Å². The van der Waals surface area contributed by atoms with Crippen molar-refractivity contribution < 1.29 is 18.6 Å². The molecule has 14 heavy (non-hydrogen) atoms. The fraction of sp³-hybridized carbons (Fsp3) is 0.111. The molecule has 0 spiro atoms. The SMILES string of the molecule is O=S1(=O)C=C(CO)c2c(O)cccc21. The molecule has 0 fully saturated rings. The molecule has 0 unspecified atom stereocenters. The highest BCUT2D eigenvalue weighted by Gasteiger charge is 2.28. The standard InChI is InChI=1S/C9H8O4S/c10-4-6-5-14(12,13)8-3-1-2-7(11)9(6)8/h1-3,5,10-11H,4H2. The fourth-order valence-electron chi connectivity index (χ4n) is 1.51. The lowest BCUT2D eigenvalue weighted by Crippen LogP contribution is -1.93. The predicted octanol–water partition coefficient (Wildman–Crippen LogP) is 0.513. The molecule has 5 heteroatoms. The maximum absolute atomic E-state index is 11.5. The first-order valence-corrected chi connectivity index (χ1v) is 5.50. The Morgan fingerprint density at radius 2 is 2.00 bits per heavy atom. The number of sulfone groups is 1. The third-order valence-corrected chi connectivity index (χ3v) is 3.65. The van der Waals surface area contributed by atoms with Crippen LogP contribution < -0.4 is 0 Å². The highest BCUT2D eigenvalue weighted by Crippen LogP contribution is 2.38. The van der Waals surface area contributed by atoms with E-state index in [4.69, 9.17) is 5.11 Å². The average Bonchev–Trinajstić information content (AvgIpc) is 2.40. The van der Waals surface area contributed by atoms with Gasteiger partial charge in [0, 0.05) is 16.5 Å². The van der Waals surface area contributed by atoms with Gasteiger partial charge in [-0.2, -0.15) is 0 Å². The first kappa shape index (κ1) is 9.23. The monoisotopic (exact) mass is 212 g/mol. The molecule has 74 valence electrons. The second-order valence-electron chi connectivity index (χ2n) is 3.00. The molecule has 2 rings (SSSR count). The Bertz CT molecular complexity index is 514. The zero-order chi connectivity index (χ0) is 10.3. The average molecular weight is 212 g/mol. The van der Waals surface area contributed by atoms with Crippen molar-refractivity contribution in [2.75, 3.05) is 6.61 Å². The molecule has 0 amide bonds. The minimum atomic E-state index is -3.47. The topological polar surface area (TPSA) is 74.6 Å². The van der Waals surface area contributed by atoms with Gasteiger partial charge >= 0.3 is 0 Å². The first-order chi connectivity index (χ1) is 6.56. The molecule has 4 nitrogen and oxygen atoms in total. The highest BCUT2D eigenvalue weighted by molar-refractivity contribution is 7.95. The normalized spacial score (nSPS) is 17.6. The summed E-state index contributed by atoms with van der Waals surface area (Å²) >= 11 is 0. The van der Waals surface area contributed by atoms with Crippen LogP contribution in [0.15, 0.2) is 28.5 Å². The van der Waals surface area contributed by atoms with Crippen molar-refractivity contribution >= 4 is 15.4 Å². The van der Waals surface area contributed by atoms with E-state index in [-0.39, 0.29) is 21.8 Å². The number of hydrogen-bond donors (Lipinski definition) is 2. The zero-order valence-electron chi connectivity index (χ0n) is 7.14. The van der Waals surface area contributed by atoms with Gasteiger partial charge in [0.1, 0.15) is 5.75 Å². The zero-order valence-corrected chi connectivity index (χ0v) is 7.95. The Hall–Kier alpha value is -1.33. The maximum Gasteiger partial charge on any atom is 0.200 e. The number of aliphatic hydroxyl groups is 1. The molecule has 1 aliphatic rings. The molecule has 1 aromatic carbocycles. The molecule has 0 aliphatic carbocycles. The van der Waals surface area contributed by atoms with Crippen LogP contribution in [0, 0.1) is 0 Å². The highest BCUT2D eigenvalue weighted by atomic mass is 32.2. The van der Waals surface area contributed by atoms with E-state index in [0.717, 1.165) is 5.41 Å². The molecule has 1 aromatic rings. The molecule has 0 saturated carbocycles. The van der Waals surface area contributed by atoms with E-state index in [9.17, 15) is 13.5 Å². The summed E-state index contributed by atoms with van der Waals surface area (Å²) in [6.45, 7) is -0.399. The second-order valence-corrected chi connectivity index (χ2v) is 4.76. The quantitative estimate of drug-likeness (QED) is 0.711. The lowest BCUT2D eigenvalue weighted by atomic mass is 10.1. The Balaban J connectivity index is 2.82. The van der Waals surface area contributed by atoms with Crippen molar-refractivity contribution in [1.82, 2.24) is 0 Å². The summed E-state index contributed by atoms with van der Waals surface area (Å²) in [5.41, 5.74) is 0.452. The smallest absolute Gasteiger partial charge is 0.200 e. The third-order valence-electron chi connectivity index (χ3n) is 2.10. The van der Waals surface area contributed by atoms with Gasteiger partial charge in [0.05, 0.1) is 11.5 Å². The molecule has 0 radical (unpaired) electrons. The molecule has 0 aromatic heterocycles. The number of aliphatic hydroxyl groups excluding tert-OH is 1. The Morgan fingerprint density at radius 1 is 1.29 bits per heavy atom. The Morgan fingerprint density at radius 3 is 2.64 bits per heavy atom. The fourth-order valence-corrected chi connectivity index (χ4v) is 2.99. The molecular formula is C9H8O4S. The van der Waals surface area contributed by atoms with E-state index < -0.39 is 16.4 Å². The summed E-state index contributed by atoms with van der Waals surface area (Å²) in [6.07, 6.45) is 0. The molecule has 1 heterocycles. The van der Waals surface area contributed by atoms with Gasteiger partial charge in [-0.05, 0) is 12.1 Å². The van der Waals surface area contributed by atoms with Crippen molar-refractivity contribution in [1.29, 1.82) is 0 Å². The summed E-state index contributed by atoms with van der Waals surface area (Å²) in [4.78, 5) is 0.0570. The number of phenols is 1. The van der Waals surface area contributed by atoms with Gasteiger partial charge in [-0.3, -0.25) is 0 Å². The lowest BCUT2D eigenvalue weighted by Gasteiger charge is -2.03. The minimum absolute atomic E-state index is 0.0570. The van der Waals surface area contributed by atoms with Gasteiger partial charge in [0.25, 0.3) is 0 Å². The largest absolute Gasteiger partial charge is 0.507 e. The maximum atomic E-state index is 11.5. The van der Waals surface area contributed by atoms with Crippen molar-refractivity contribution in [3.05, 3.63) is 29.2 Å². The van der Waals surface area contributed by atoms with Crippen LogP contribution in [0.25, 0.3) is 5.57 Å². The molecule has 2 N–H and O–H groups in total. The number of fused-ring (bicyclic) bond motifs is 1. The number of rotatable bonds is 1. The Kier molecular flexibility index (Phi) is 1.87. The number of aromatic hydroxyl groups is 1. The van der Waals surface area contributed by atoms with Crippen LogP contribution in [0.4, 0.5) is 0 Å². The molecular weight excluding hydrogens is 204 g/mol. The van der Waals surface area contributed by atoms with E-state index in [1.54, 1.807) is 0 Å². The summed E-state index contributed by atoms with van der Waals surface area (Å²) in [7, 11) is -3.47. The number of phenolic OH excluding ortho intramolecular Hbond substituents is 1. The summed E-state index contributed by atoms with van der Waals surface area (Å²) in [5.74, 6) is -0.121. The first-order valence-electron chi connectivity index (χ1n) is 3.95. The minimum Gasteiger partial charge on any atom is -0.507 e. The number of benzene rings is 1. The van der Waals surface area contributed by atoms with Crippen molar-refractivity contribution in [3.8, 4) is 5.75 Å². The van der Waals surface area contributed by atoms with Crippen LogP contribution in [0.3, 0.4) is 0 Å². The summed E-state index contributed by atoms with van der Waals surface area (Å²) in [6, 6.07) is 4.26.